The number of aryl methyl sites for hydroxylation is 1. The van der Waals surface area contributed by atoms with Crippen LogP contribution in [0, 0.1) is 6.92 Å². The van der Waals surface area contributed by atoms with Gasteiger partial charge in [-0.3, -0.25) is 0 Å². The van der Waals surface area contributed by atoms with Crippen molar-refractivity contribution in [3.05, 3.63) is 17.6 Å². The Morgan fingerprint density at radius 2 is 2.24 bits per heavy atom. The average Bonchev–Trinajstić information content (AvgIpc) is 2.80. The van der Waals surface area contributed by atoms with E-state index in [1.54, 1.807) is 0 Å². The number of ether oxygens (including phenoxy) is 1. The van der Waals surface area contributed by atoms with Crippen LogP contribution in [0.25, 0.3) is 0 Å². The molecule has 118 valence electrons. The molecule has 0 amide bonds. The molecule has 2 atom stereocenters. The lowest BCUT2D eigenvalue weighted by molar-refractivity contribution is 0.0563. The van der Waals surface area contributed by atoms with Crippen LogP contribution in [0.1, 0.15) is 36.1 Å². The van der Waals surface area contributed by atoms with Crippen LogP contribution in [-0.4, -0.2) is 40.1 Å². The molecule has 7 nitrogen and oxygen atoms in total. The van der Waals surface area contributed by atoms with Crippen LogP contribution in [0.3, 0.4) is 0 Å². The fourth-order valence-corrected chi connectivity index (χ4v) is 3.92. The molecule has 2 rings (SSSR count). The molecule has 1 saturated heterocycles. The van der Waals surface area contributed by atoms with Crippen molar-refractivity contribution in [2.75, 3.05) is 13.7 Å². The fourth-order valence-electron chi connectivity index (χ4n) is 2.46. The molecule has 21 heavy (non-hydrogen) atoms. The Kier molecular flexibility index (Phi) is 4.70. The number of rotatable bonds is 4. The summed E-state index contributed by atoms with van der Waals surface area (Å²) >= 11 is 0. The van der Waals surface area contributed by atoms with Gasteiger partial charge in [-0.2, -0.15) is 0 Å². The molecule has 1 aliphatic heterocycles. The minimum atomic E-state index is -3.71. The van der Waals surface area contributed by atoms with E-state index in [1.807, 2.05) is 6.92 Å². The molecule has 0 aliphatic carbocycles. The predicted molar refractivity (Wildman–Crippen MR) is 75.6 cm³/mol. The van der Waals surface area contributed by atoms with E-state index in [1.165, 1.54) is 20.1 Å². The molecular weight excluding hydrogens is 296 g/mol. The van der Waals surface area contributed by atoms with E-state index in [4.69, 9.17) is 4.42 Å². The average molecular weight is 316 g/mol. The van der Waals surface area contributed by atoms with Gasteiger partial charge in [0.1, 0.15) is 10.7 Å². The second kappa shape index (κ2) is 6.17. The third kappa shape index (κ3) is 3.63. The van der Waals surface area contributed by atoms with Gasteiger partial charge in [0.25, 0.3) is 0 Å². The summed E-state index contributed by atoms with van der Waals surface area (Å²) in [5, 5.41) is 3.26. The number of carbonyl (C=O) groups is 1. The summed E-state index contributed by atoms with van der Waals surface area (Å²) in [6.07, 6.45) is 1.45. The first-order valence-corrected chi connectivity index (χ1v) is 8.26. The first-order chi connectivity index (χ1) is 9.83. The summed E-state index contributed by atoms with van der Waals surface area (Å²) in [5.74, 6) is -0.644. The second-order valence-corrected chi connectivity index (χ2v) is 6.90. The van der Waals surface area contributed by atoms with Crippen molar-refractivity contribution in [1.82, 2.24) is 10.0 Å². The number of esters is 1. The van der Waals surface area contributed by atoms with Gasteiger partial charge in [0.15, 0.2) is 0 Å². The normalized spacial score (nSPS) is 23.0. The van der Waals surface area contributed by atoms with Crippen molar-refractivity contribution < 1.29 is 22.4 Å². The molecular formula is C13H20N2O5S. The highest BCUT2D eigenvalue weighted by Crippen LogP contribution is 2.22. The van der Waals surface area contributed by atoms with Crippen LogP contribution in [0.15, 0.2) is 15.4 Å². The Balaban J connectivity index is 2.19. The summed E-state index contributed by atoms with van der Waals surface area (Å²) in [7, 11) is -2.50. The number of piperidine rings is 1. The molecule has 0 bridgehead atoms. The maximum absolute atomic E-state index is 12.4. The molecule has 2 heterocycles. The molecule has 1 fully saturated rings. The fraction of sp³-hybridized carbons (Fsp3) is 0.615. The lowest BCUT2D eigenvalue weighted by Gasteiger charge is -2.28. The quantitative estimate of drug-likeness (QED) is 0.797. The van der Waals surface area contributed by atoms with Crippen molar-refractivity contribution in [1.29, 1.82) is 0 Å². The van der Waals surface area contributed by atoms with Crippen LogP contribution >= 0.6 is 0 Å². The standard InChI is InChI=1S/C13H20N2O5S/c1-8-6-10(4-5-14-8)15-21(17,18)12-7-11(13(16)19-3)20-9(12)2/h7-8,10,14-15H,4-6H2,1-3H3. The first kappa shape index (κ1) is 16.0. The number of sulfonamides is 1. The summed E-state index contributed by atoms with van der Waals surface area (Å²) in [6, 6.07) is 1.35. The van der Waals surface area contributed by atoms with E-state index in [-0.39, 0.29) is 28.5 Å². The Hall–Kier alpha value is -1.38. The first-order valence-electron chi connectivity index (χ1n) is 6.78. The largest absolute Gasteiger partial charge is 0.463 e. The molecule has 0 spiro atoms. The van der Waals surface area contributed by atoms with Crippen molar-refractivity contribution in [3.8, 4) is 0 Å². The van der Waals surface area contributed by atoms with Crippen LogP contribution in [0.2, 0.25) is 0 Å². The smallest absolute Gasteiger partial charge is 0.373 e. The zero-order valence-electron chi connectivity index (χ0n) is 12.3. The van der Waals surface area contributed by atoms with Crippen LogP contribution < -0.4 is 10.0 Å². The Morgan fingerprint density at radius 1 is 1.52 bits per heavy atom. The molecule has 8 heteroatoms. The zero-order chi connectivity index (χ0) is 15.6. The van der Waals surface area contributed by atoms with E-state index in [2.05, 4.69) is 14.8 Å². The van der Waals surface area contributed by atoms with Gasteiger partial charge in [-0.15, -0.1) is 0 Å². The van der Waals surface area contributed by atoms with Crippen LogP contribution in [0.4, 0.5) is 0 Å². The summed E-state index contributed by atoms with van der Waals surface area (Å²) in [6.45, 7) is 4.29. The summed E-state index contributed by atoms with van der Waals surface area (Å²) < 4.78 is 37.2. The highest BCUT2D eigenvalue weighted by Gasteiger charge is 2.28. The summed E-state index contributed by atoms with van der Waals surface area (Å²) in [5.41, 5.74) is 0. The van der Waals surface area contributed by atoms with E-state index in [0.29, 0.717) is 0 Å². The van der Waals surface area contributed by atoms with Crippen molar-refractivity contribution in [3.63, 3.8) is 0 Å². The number of furan rings is 1. The van der Waals surface area contributed by atoms with Gasteiger partial charge >= 0.3 is 5.97 Å². The topological polar surface area (TPSA) is 97.6 Å². The monoisotopic (exact) mass is 316 g/mol. The number of methoxy groups -OCH3 is 1. The Morgan fingerprint density at radius 3 is 2.86 bits per heavy atom. The van der Waals surface area contributed by atoms with Crippen molar-refractivity contribution >= 4 is 16.0 Å². The van der Waals surface area contributed by atoms with E-state index >= 15 is 0 Å². The van der Waals surface area contributed by atoms with Gasteiger partial charge in [-0.1, -0.05) is 0 Å². The molecule has 2 unspecified atom stereocenters. The number of hydrogen-bond donors (Lipinski definition) is 2. The van der Waals surface area contributed by atoms with Gasteiger partial charge < -0.3 is 14.5 Å². The van der Waals surface area contributed by atoms with Gasteiger partial charge in [-0.05, 0) is 33.2 Å². The number of carbonyl (C=O) groups excluding carboxylic acids is 1. The lowest BCUT2D eigenvalue weighted by Crippen LogP contribution is -2.46. The van der Waals surface area contributed by atoms with Gasteiger partial charge in [0.05, 0.1) is 7.11 Å². The third-order valence-electron chi connectivity index (χ3n) is 3.49. The molecule has 0 aromatic carbocycles. The maximum Gasteiger partial charge on any atom is 0.373 e. The molecule has 1 aromatic rings. The second-order valence-electron chi connectivity index (χ2n) is 5.22. The SMILES string of the molecule is COC(=O)c1cc(S(=O)(=O)NC2CCNC(C)C2)c(C)o1. The molecule has 1 aromatic heterocycles. The van der Waals surface area contributed by atoms with E-state index in [0.717, 1.165) is 19.4 Å². The van der Waals surface area contributed by atoms with Crippen LogP contribution in [-0.2, 0) is 14.8 Å². The van der Waals surface area contributed by atoms with Gasteiger partial charge in [0, 0.05) is 18.2 Å². The molecule has 0 radical (unpaired) electrons. The van der Waals surface area contributed by atoms with E-state index < -0.39 is 16.0 Å². The number of hydrogen-bond acceptors (Lipinski definition) is 6. The third-order valence-corrected chi connectivity index (χ3v) is 5.12. The molecule has 0 saturated carbocycles. The minimum absolute atomic E-state index is 0.0194. The summed E-state index contributed by atoms with van der Waals surface area (Å²) in [4.78, 5) is 11.4. The molecule has 1 aliphatic rings. The van der Waals surface area contributed by atoms with Crippen molar-refractivity contribution in [2.45, 2.75) is 43.7 Å². The predicted octanol–water partition coefficient (Wildman–Crippen LogP) is 0.793. The van der Waals surface area contributed by atoms with Gasteiger partial charge in [0.2, 0.25) is 15.8 Å². The number of nitrogens with one attached hydrogen (secondary N) is 2. The Bertz CT molecular complexity index is 623. The highest BCUT2D eigenvalue weighted by molar-refractivity contribution is 7.89. The highest BCUT2D eigenvalue weighted by atomic mass is 32.2. The minimum Gasteiger partial charge on any atom is -0.463 e. The zero-order valence-corrected chi connectivity index (χ0v) is 13.1. The van der Waals surface area contributed by atoms with Crippen molar-refractivity contribution in [2.24, 2.45) is 0 Å². The van der Waals surface area contributed by atoms with Crippen LogP contribution in [0.5, 0.6) is 0 Å². The molecule has 2 N–H and O–H groups in total. The lowest BCUT2D eigenvalue weighted by atomic mass is 10.0. The van der Waals surface area contributed by atoms with Gasteiger partial charge in [-0.25, -0.2) is 17.9 Å². The van der Waals surface area contributed by atoms with E-state index in [9.17, 15) is 13.2 Å². The maximum atomic E-state index is 12.4. The Labute approximate surface area is 124 Å².